The second-order valence-electron chi connectivity index (χ2n) is 7.64. The molecule has 12 nitrogen and oxygen atoms in total. The number of nitro benzene ring substituents is 1. The van der Waals surface area contributed by atoms with Gasteiger partial charge in [0.1, 0.15) is 6.61 Å². The number of hydrazone groups is 1. The fourth-order valence-corrected chi connectivity index (χ4v) is 3.35. The molecule has 2 amide bonds. The summed E-state index contributed by atoms with van der Waals surface area (Å²) >= 11 is 0. The van der Waals surface area contributed by atoms with Crippen LogP contribution in [-0.4, -0.2) is 43.4 Å². The summed E-state index contributed by atoms with van der Waals surface area (Å²) in [5.74, 6) is 0.280. The Morgan fingerprint density at radius 2 is 1.86 bits per heavy atom. The molecule has 190 valence electrons. The standard InChI is InChI=1S/C25H22N4O8/c1-34-21-10-18(19(29(32)33)11-23(21)35-14-16-5-3-2-4-6-16)12-27-28-24(30)13-26-25(31)17-7-8-20-22(9-17)37-15-36-20/h2-12H,13-15H2,1H3,(H,26,31)(H,28,30)/b27-12-. The smallest absolute Gasteiger partial charge is 0.282 e. The van der Waals surface area contributed by atoms with Gasteiger partial charge >= 0.3 is 0 Å². The van der Waals surface area contributed by atoms with E-state index in [0.29, 0.717) is 11.5 Å². The molecule has 0 aliphatic carbocycles. The van der Waals surface area contributed by atoms with Gasteiger partial charge in [-0.25, -0.2) is 5.43 Å². The van der Waals surface area contributed by atoms with Gasteiger partial charge in [0.05, 0.1) is 36.4 Å². The summed E-state index contributed by atoms with van der Waals surface area (Å²) in [5, 5.41) is 17.8. The van der Waals surface area contributed by atoms with Gasteiger partial charge in [0.25, 0.3) is 17.5 Å². The molecule has 0 radical (unpaired) electrons. The maximum absolute atomic E-state index is 12.3. The molecule has 3 aromatic carbocycles. The summed E-state index contributed by atoms with van der Waals surface area (Å²) in [6, 6.07) is 16.6. The lowest BCUT2D eigenvalue weighted by Crippen LogP contribution is -2.34. The number of hydrogen-bond acceptors (Lipinski definition) is 9. The molecular weight excluding hydrogens is 484 g/mol. The van der Waals surface area contributed by atoms with E-state index in [4.69, 9.17) is 18.9 Å². The average Bonchev–Trinajstić information content (AvgIpc) is 3.39. The van der Waals surface area contributed by atoms with Gasteiger partial charge in [-0.15, -0.1) is 0 Å². The fourth-order valence-electron chi connectivity index (χ4n) is 3.35. The van der Waals surface area contributed by atoms with Crippen LogP contribution >= 0.6 is 0 Å². The summed E-state index contributed by atoms with van der Waals surface area (Å²) in [5.41, 5.74) is 3.18. The molecule has 2 N–H and O–H groups in total. The monoisotopic (exact) mass is 506 g/mol. The Hall–Kier alpha value is -5.13. The summed E-state index contributed by atoms with van der Waals surface area (Å²) < 4.78 is 21.5. The third-order valence-electron chi connectivity index (χ3n) is 5.18. The number of amides is 2. The minimum absolute atomic E-state index is 0.0777. The molecule has 1 aliphatic heterocycles. The number of carbonyl (C=O) groups excluding carboxylic acids is 2. The first-order chi connectivity index (χ1) is 17.9. The van der Waals surface area contributed by atoms with Gasteiger partial charge in [-0.05, 0) is 29.8 Å². The van der Waals surface area contributed by atoms with Gasteiger partial charge < -0.3 is 24.3 Å². The van der Waals surface area contributed by atoms with Gasteiger partial charge in [-0.3, -0.25) is 19.7 Å². The number of ether oxygens (including phenoxy) is 4. The minimum atomic E-state index is -0.636. The first-order valence-electron chi connectivity index (χ1n) is 11.0. The SMILES string of the molecule is COc1cc(/C=N\NC(=O)CNC(=O)c2ccc3c(c2)OCO3)c([N+](=O)[O-])cc1OCc1ccccc1. The van der Waals surface area contributed by atoms with E-state index in [9.17, 15) is 19.7 Å². The van der Waals surface area contributed by atoms with Crippen molar-refractivity contribution in [2.45, 2.75) is 6.61 Å². The van der Waals surface area contributed by atoms with Crippen LogP contribution in [0.15, 0.2) is 65.8 Å². The molecule has 3 aromatic rings. The summed E-state index contributed by atoms with van der Waals surface area (Å²) in [4.78, 5) is 35.4. The third-order valence-corrected chi connectivity index (χ3v) is 5.18. The number of hydrogen-bond donors (Lipinski definition) is 2. The van der Waals surface area contributed by atoms with Crippen molar-refractivity contribution in [2.75, 3.05) is 20.4 Å². The van der Waals surface area contributed by atoms with E-state index < -0.39 is 16.7 Å². The van der Waals surface area contributed by atoms with Crippen LogP contribution in [0.4, 0.5) is 5.69 Å². The lowest BCUT2D eigenvalue weighted by molar-refractivity contribution is -0.385. The Morgan fingerprint density at radius 3 is 2.62 bits per heavy atom. The van der Waals surface area contributed by atoms with E-state index in [-0.39, 0.29) is 48.3 Å². The van der Waals surface area contributed by atoms with Crippen LogP contribution in [0.2, 0.25) is 0 Å². The van der Waals surface area contributed by atoms with Crippen molar-refractivity contribution in [3.05, 3.63) is 87.5 Å². The highest BCUT2D eigenvalue weighted by Gasteiger charge is 2.20. The number of benzene rings is 3. The highest BCUT2D eigenvalue weighted by Crippen LogP contribution is 2.35. The van der Waals surface area contributed by atoms with Crippen LogP contribution in [0.1, 0.15) is 21.5 Å². The Morgan fingerprint density at radius 1 is 1.08 bits per heavy atom. The molecular formula is C25H22N4O8. The van der Waals surface area contributed by atoms with Crippen LogP contribution in [0, 0.1) is 10.1 Å². The Balaban J connectivity index is 1.36. The maximum atomic E-state index is 12.3. The molecule has 0 unspecified atom stereocenters. The number of nitrogens with one attached hydrogen (secondary N) is 2. The molecule has 0 saturated heterocycles. The fraction of sp³-hybridized carbons (Fsp3) is 0.160. The Labute approximate surface area is 210 Å². The predicted octanol–water partition coefficient (Wildman–Crippen LogP) is 2.79. The highest BCUT2D eigenvalue weighted by molar-refractivity contribution is 5.97. The zero-order chi connectivity index (χ0) is 26.2. The Bertz CT molecular complexity index is 1340. The summed E-state index contributed by atoms with van der Waals surface area (Å²) in [6.45, 7) is -0.105. The zero-order valence-corrected chi connectivity index (χ0v) is 19.6. The summed E-state index contributed by atoms with van der Waals surface area (Å²) in [7, 11) is 1.40. The topological polar surface area (TPSA) is 151 Å². The molecule has 0 fully saturated rings. The van der Waals surface area contributed by atoms with Crippen molar-refractivity contribution >= 4 is 23.7 Å². The van der Waals surface area contributed by atoms with Crippen molar-refractivity contribution < 1.29 is 33.5 Å². The van der Waals surface area contributed by atoms with Crippen LogP contribution in [0.25, 0.3) is 0 Å². The van der Waals surface area contributed by atoms with Gasteiger partial charge in [0.15, 0.2) is 23.0 Å². The van der Waals surface area contributed by atoms with Crippen molar-refractivity contribution in [1.82, 2.24) is 10.7 Å². The second-order valence-corrected chi connectivity index (χ2v) is 7.64. The number of nitro groups is 1. The van der Waals surface area contributed by atoms with Gasteiger partial charge in [-0.1, -0.05) is 30.3 Å². The van der Waals surface area contributed by atoms with E-state index in [1.165, 1.54) is 25.3 Å². The lowest BCUT2D eigenvalue weighted by atomic mass is 10.1. The van der Waals surface area contributed by atoms with Crippen molar-refractivity contribution in [3.8, 4) is 23.0 Å². The van der Waals surface area contributed by atoms with Crippen molar-refractivity contribution in [2.24, 2.45) is 5.10 Å². The number of methoxy groups -OCH3 is 1. The van der Waals surface area contributed by atoms with Crippen LogP contribution in [0.3, 0.4) is 0 Å². The van der Waals surface area contributed by atoms with E-state index in [1.807, 2.05) is 30.3 Å². The van der Waals surface area contributed by atoms with Crippen LogP contribution < -0.4 is 29.7 Å². The van der Waals surface area contributed by atoms with Crippen LogP contribution in [-0.2, 0) is 11.4 Å². The maximum Gasteiger partial charge on any atom is 0.282 e. The molecule has 0 saturated carbocycles. The van der Waals surface area contributed by atoms with Gasteiger partial charge in [0, 0.05) is 5.56 Å². The number of rotatable bonds is 10. The molecule has 0 atom stereocenters. The molecule has 0 spiro atoms. The molecule has 1 aliphatic rings. The average molecular weight is 506 g/mol. The minimum Gasteiger partial charge on any atom is -0.493 e. The molecule has 12 heteroatoms. The Kier molecular flexibility index (Phi) is 7.79. The lowest BCUT2D eigenvalue weighted by Gasteiger charge is -2.12. The first kappa shape index (κ1) is 25.0. The van der Waals surface area contributed by atoms with Gasteiger partial charge in [-0.2, -0.15) is 5.10 Å². The van der Waals surface area contributed by atoms with E-state index in [1.54, 1.807) is 12.1 Å². The number of carbonyl (C=O) groups is 2. The summed E-state index contributed by atoms with van der Waals surface area (Å²) in [6.07, 6.45) is 1.11. The zero-order valence-electron chi connectivity index (χ0n) is 19.6. The normalized spacial score (nSPS) is 11.7. The van der Waals surface area contributed by atoms with Crippen molar-refractivity contribution in [3.63, 3.8) is 0 Å². The van der Waals surface area contributed by atoms with E-state index >= 15 is 0 Å². The quantitative estimate of drug-likeness (QED) is 0.242. The third kappa shape index (κ3) is 6.31. The second kappa shape index (κ2) is 11.5. The highest BCUT2D eigenvalue weighted by atomic mass is 16.7. The largest absolute Gasteiger partial charge is 0.493 e. The molecule has 4 rings (SSSR count). The first-order valence-corrected chi connectivity index (χ1v) is 11.0. The number of fused-ring (bicyclic) bond motifs is 1. The molecule has 1 heterocycles. The number of nitrogens with zero attached hydrogens (tertiary/aromatic N) is 2. The van der Waals surface area contributed by atoms with Crippen LogP contribution in [0.5, 0.6) is 23.0 Å². The molecule has 0 aromatic heterocycles. The van der Waals surface area contributed by atoms with E-state index in [2.05, 4.69) is 15.8 Å². The molecule has 0 bridgehead atoms. The van der Waals surface area contributed by atoms with Crippen molar-refractivity contribution in [1.29, 1.82) is 0 Å². The predicted molar refractivity (Wildman–Crippen MR) is 131 cm³/mol. The van der Waals surface area contributed by atoms with Gasteiger partial charge in [0.2, 0.25) is 6.79 Å². The van der Waals surface area contributed by atoms with E-state index in [0.717, 1.165) is 11.8 Å². The molecule has 37 heavy (non-hydrogen) atoms.